The molecule has 2 heterocycles. The summed E-state index contributed by atoms with van der Waals surface area (Å²) in [5.41, 5.74) is 7.76. The van der Waals surface area contributed by atoms with Crippen molar-refractivity contribution in [3.63, 3.8) is 0 Å². The van der Waals surface area contributed by atoms with Crippen LogP contribution in [0.5, 0.6) is 0 Å². The van der Waals surface area contributed by atoms with E-state index in [0.29, 0.717) is 12.2 Å². The second kappa shape index (κ2) is 6.81. The highest BCUT2D eigenvalue weighted by Crippen LogP contribution is 2.29. The quantitative estimate of drug-likeness (QED) is 0.917. The van der Waals surface area contributed by atoms with Crippen molar-refractivity contribution >= 4 is 17.2 Å². The predicted molar refractivity (Wildman–Crippen MR) is 93.6 cm³/mol. The SMILES string of the molecule is CC1(CN)CCN(C(=O)c2csc(CCc3ccccc3)n2)C1. The third-order valence-electron chi connectivity index (χ3n) is 4.58. The topological polar surface area (TPSA) is 59.2 Å². The van der Waals surface area contributed by atoms with Gasteiger partial charge >= 0.3 is 0 Å². The van der Waals surface area contributed by atoms with Crippen molar-refractivity contribution in [3.05, 3.63) is 52.0 Å². The minimum atomic E-state index is 0.0457. The van der Waals surface area contributed by atoms with E-state index in [4.69, 9.17) is 5.73 Å². The first-order chi connectivity index (χ1) is 11.1. The summed E-state index contributed by atoms with van der Waals surface area (Å²) in [6.07, 6.45) is 2.81. The van der Waals surface area contributed by atoms with Crippen molar-refractivity contribution in [1.82, 2.24) is 9.88 Å². The van der Waals surface area contributed by atoms with Gasteiger partial charge in [0, 0.05) is 24.9 Å². The molecule has 2 aromatic rings. The summed E-state index contributed by atoms with van der Waals surface area (Å²) in [5.74, 6) is 0.0457. The maximum absolute atomic E-state index is 12.6. The van der Waals surface area contributed by atoms with E-state index in [-0.39, 0.29) is 11.3 Å². The minimum absolute atomic E-state index is 0.0457. The van der Waals surface area contributed by atoms with E-state index in [2.05, 4.69) is 24.0 Å². The average molecular weight is 329 g/mol. The summed E-state index contributed by atoms with van der Waals surface area (Å²) < 4.78 is 0. The molecular formula is C18H23N3OS. The second-order valence-corrected chi connectivity index (χ2v) is 7.55. The maximum Gasteiger partial charge on any atom is 0.273 e. The van der Waals surface area contributed by atoms with E-state index in [1.807, 2.05) is 28.5 Å². The van der Waals surface area contributed by atoms with Crippen molar-refractivity contribution in [2.45, 2.75) is 26.2 Å². The molecule has 1 amide bonds. The number of nitrogens with zero attached hydrogens (tertiary/aromatic N) is 2. The highest BCUT2D eigenvalue weighted by Gasteiger charge is 2.35. The van der Waals surface area contributed by atoms with Crippen LogP contribution in [-0.2, 0) is 12.8 Å². The third-order valence-corrected chi connectivity index (χ3v) is 5.49. The Bertz CT molecular complexity index is 670. The molecule has 1 aromatic carbocycles. The van der Waals surface area contributed by atoms with Crippen LogP contribution in [0.3, 0.4) is 0 Å². The Balaban J connectivity index is 1.60. The van der Waals surface area contributed by atoms with E-state index in [9.17, 15) is 4.79 Å². The summed E-state index contributed by atoms with van der Waals surface area (Å²) in [4.78, 5) is 19.0. The van der Waals surface area contributed by atoms with Crippen LogP contribution in [-0.4, -0.2) is 35.4 Å². The van der Waals surface area contributed by atoms with Gasteiger partial charge in [-0.2, -0.15) is 0 Å². The highest BCUT2D eigenvalue weighted by atomic mass is 32.1. The van der Waals surface area contributed by atoms with Crippen LogP contribution in [0.25, 0.3) is 0 Å². The summed E-state index contributed by atoms with van der Waals surface area (Å²) >= 11 is 1.58. The first kappa shape index (κ1) is 16.1. The van der Waals surface area contributed by atoms with Gasteiger partial charge in [0.1, 0.15) is 5.69 Å². The van der Waals surface area contributed by atoms with Crippen molar-refractivity contribution in [2.24, 2.45) is 11.1 Å². The molecule has 1 aromatic heterocycles. The number of rotatable bonds is 5. The Kier molecular flexibility index (Phi) is 4.78. The molecule has 1 aliphatic heterocycles. The average Bonchev–Trinajstić information content (AvgIpc) is 3.21. The van der Waals surface area contributed by atoms with E-state index >= 15 is 0 Å². The molecule has 0 radical (unpaired) electrons. The van der Waals surface area contributed by atoms with Crippen LogP contribution < -0.4 is 5.73 Å². The van der Waals surface area contributed by atoms with Gasteiger partial charge in [0.2, 0.25) is 0 Å². The number of carbonyl (C=O) groups is 1. The molecule has 0 bridgehead atoms. The molecule has 5 heteroatoms. The van der Waals surface area contributed by atoms with Gasteiger partial charge in [0.15, 0.2) is 0 Å². The van der Waals surface area contributed by atoms with Gasteiger partial charge in [-0.3, -0.25) is 4.79 Å². The number of aryl methyl sites for hydroxylation is 2. The second-order valence-electron chi connectivity index (χ2n) is 6.60. The molecular weight excluding hydrogens is 306 g/mol. The van der Waals surface area contributed by atoms with Gasteiger partial charge in [0.25, 0.3) is 5.91 Å². The van der Waals surface area contributed by atoms with Gasteiger partial charge in [-0.1, -0.05) is 37.3 Å². The van der Waals surface area contributed by atoms with Crippen LogP contribution in [0.2, 0.25) is 0 Å². The van der Waals surface area contributed by atoms with Crippen molar-refractivity contribution < 1.29 is 4.79 Å². The van der Waals surface area contributed by atoms with Gasteiger partial charge < -0.3 is 10.6 Å². The number of thiazole rings is 1. The molecule has 4 nitrogen and oxygen atoms in total. The number of benzene rings is 1. The van der Waals surface area contributed by atoms with Crippen molar-refractivity contribution in [1.29, 1.82) is 0 Å². The number of hydrogen-bond donors (Lipinski definition) is 1. The molecule has 0 aliphatic carbocycles. The minimum Gasteiger partial charge on any atom is -0.337 e. The first-order valence-electron chi connectivity index (χ1n) is 8.07. The van der Waals surface area contributed by atoms with Gasteiger partial charge in [0.05, 0.1) is 5.01 Å². The molecule has 0 spiro atoms. The fourth-order valence-corrected chi connectivity index (χ4v) is 3.72. The number of nitrogens with two attached hydrogens (primary N) is 1. The van der Waals surface area contributed by atoms with Gasteiger partial charge in [-0.15, -0.1) is 11.3 Å². The summed E-state index contributed by atoms with van der Waals surface area (Å²) in [6.45, 7) is 4.28. The molecule has 1 atom stereocenters. The largest absolute Gasteiger partial charge is 0.337 e. The third kappa shape index (κ3) is 3.79. The number of hydrogen-bond acceptors (Lipinski definition) is 4. The highest BCUT2D eigenvalue weighted by molar-refractivity contribution is 7.09. The molecule has 122 valence electrons. The van der Waals surface area contributed by atoms with E-state index in [0.717, 1.165) is 37.4 Å². The molecule has 1 fully saturated rings. The Morgan fingerprint density at radius 1 is 1.35 bits per heavy atom. The molecule has 23 heavy (non-hydrogen) atoms. The van der Waals surface area contributed by atoms with Crippen molar-refractivity contribution in [3.8, 4) is 0 Å². The van der Waals surface area contributed by atoms with Crippen molar-refractivity contribution in [2.75, 3.05) is 19.6 Å². The smallest absolute Gasteiger partial charge is 0.273 e. The summed E-state index contributed by atoms with van der Waals surface area (Å²) in [7, 11) is 0. The molecule has 1 aliphatic rings. The maximum atomic E-state index is 12.6. The fraction of sp³-hybridized carbons (Fsp3) is 0.444. The van der Waals surface area contributed by atoms with Crippen LogP contribution in [0.1, 0.15) is 34.4 Å². The monoisotopic (exact) mass is 329 g/mol. The number of amides is 1. The zero-order valence-electron chi connectivity index (χ0n) is 13.5. The Morgan fingerprint density at radius 2 is 2.13 bits per heavy atom. The Labute approximate surface area is 141 Å². The molecule has 3 rings (SSSR count). The number of carbonyl (C=O) groups excluding carboxylic acids is 1. The van der Waals surface area contributed by atoms with E-state index < -0.39 is 0 Å². The lowest BCUT2D eigenvalue weighted by molar-refractivity contribution is 0.0771. The first-order valence-corrected chi connectivity index (χ1v) is 8.95. The lowest BCUT2D eigenvalue weighted by Crippen LogP contribution is -2.34. The lowest BCUT2D eigenvalue weighted by Gasteiger charge is -2.22. The van der Waals surface area contributed by atoms with Gasteiger partial charge in [-0.25, -0.2) is 4.98 Å². The number of aromatic nitrogens is 1. The summed E-state index contributed by atoms with van der Waals surface area (Å²) in [6, 6.07) is 10.4. The standard InChI is InChI=1S/C18H23N3OS/c1-18(12-19)9-10-21(13-18)17(22)15-11-23-16(20-15)8-7-14-5-3-2-4-6-14/h2-6,11H,7-10,12-13,19H2,1H3. The van der Waals surface area contributed by atoms with E-state index in [1.165, 1.54) is 5.56 Å². The number of likely N-dealkylation sites (tertiary alicyclic amines) is 1. The zero-order chi connectivity index (χ0) is 16.3. The predicted octanol–water partition coefficient (Wildman–Crippen LogP) is 2.74. The van der Waals surface area contributed by atoms with Crippen LogP contribution in [0, 0.1) is 5.41 Å². The molecule has 1 unspecified atom stereocenters. The van der Waals surface area contributed by atoms with Crippen LogP contribution in [0.15, 0.2) is 35.7 Å². The fourth-order valence-electron chi connectivity index (χ4n) is 2.95. The lowest BCUT2D eigenvalue weighted by atomic mass is 9.90. The van der Waals surface area contributed by atoms with E-state index in [1.54, 1.807) is 11.3 Å². The normalized spacial score (nSPS) is 20.9. The Morgan fingerprint density at radius 3 is 2.83 bits per heavy atom. The molecule has 0 saturated carbocycles. The molecule has 2 N–H and O–H groups in total. The van der Waals surface area contributed by atoms with Crippen LogP contribution >= 0.6 is 11.3 Å². The summed E-state index contributed by atoms with van der Waals surface area (Å²) in [5, 5.41) is 2.92. The van der Waals surface area contributed by atoms with Gasteiger partial charge in [-0.05, 0) is 30.4 Å². The van der Waals surface area contributed by atoms with Crippen LogP contribution in [0.4, 0.5) is 0 Å². The zero-order valence-corrected chi connectivity index (χ0v) is 14.3. The molecule has 1 saturated heterocycles. The Hall–Kier alpha value is -1.72.